The Hall–Kier alpha value is -2.37. The van der Waals surface area contributed by atoms with E-state index in [0.29, 0.717) is 19.1 Å². The van der Waals surface area contributed by atoms with E-state index in [1.165, 1.54) is 0 Å². The SMILES string of the molecule is CC(C)C[C@H](NC(=O)O)C(=O)NC(C=O)Cc1ccccc1. The predicted molar refractivity (Wildman–Crippen MR) is 82.5 cm³/mol. The van der Waals surface area contributed by atoms with Crippen LogP contribution in [0.4, 0.5) is 4.79 Å². The highest BCUT2D eigenvalue weighted by Crippen LogP contribution is 2.07. The number of carboxylic acid groups (broad SMARTS) is 1. The number of hydrogen-bond acceptors (Lipinski definition) is 3. The van der Waals surface area contributed by atoms with Gasteiger partial charge in [0, 0.05) is 0 Å². The molecule has 3 N–H and O–H groups in total. The summed E-state index contributed by atoms with van der Waals surface area (Å²) in [6.07, 6.45) is 0.150. The second kappa shape index (κ2) is 8.81. The van der Waals surface area contributed by atoms with E-state index in [-0.39, 0.29) is 5.92 Å². The number of carbonyl (C=O) groups is 3. The summed E-state index contributed by atoms with van der Waals surface area (Å²) in [6.45, 7) is 3.79. The van der Waals surface area contributed by atoms with E-state index in [2.05, 4.69) is 10.6 Å². The summed E-state index contributed by atoms with van der Waals surface area (Å²) in [6, 6.07) is 7.76. The van der Waals surface area contributed by atoms with Crippen LogP contribution in [-0.4, -0.2) is 35.5 Å². The van der Waals surface area contributed by atoms with E-state index in [9.17, 15) is 14.4 Å². The minimum absolute atomic E-state index is 0.145. The van der Waals surface area contributed by atoms with Crippen LogP contribution >= 0.6 is 0 Å². The van der Waals surface area contributed by atoms with Gasteiger partial charge in [0.15, 0.2) is 0 Å². The van der Waals surface area contributed by atoms with E-state index in [0.717, 1.165) is 5.56 Å². The van der Waals surface area contributed by atoms with Crippen LogP contribution < -0.4 is 10.6 Å². The van der Waals surface area contributed by atoms with E-state index < -0.39 is 24.1 Å². The van der Waals surface area contributed by atoms with Crippen LogP contribution in [0.2, 0.25) is 0 Å². The summed E-state index contributed by atoms with van der Waals surface area (Å²) >= 11 is 0. The Labute approximate surface area is 129 Å². The van der Waals surface area contributed by atoms with Crippen molar-refractivity contribution < 1.29 is 19.5 Å². The van der Waals surface area contributed by atoms with Crippen molar-refractivity contribution in [1.82, 2.24) is 10.6 Å². The quantitative estimate of drug-likeness (QED) is 0.636. The topological polar surface area (TPSA) is 95.5 Å². The Bertz CT molecular complexity index is 502. The second-order valence-electron chi connectivity index (χ2n) is 5.57. The predicted octanol–water partition coefficient (Wildman–Crippen LogP) is 1.60. The minimum atomic E-state index is -1.26. The Morgan fingerprint density at radius 2 is 1.82 bits per heavy atom. The van der Waals surface area contributed by atoms with Crippen LogP contribution in [0.3, 0.4) is 0 Å². The Kier molecular flexibility index (Phi) is 7.08. The van der Waals surface area contributed by atoms with Crippen molar-refractivity contribution in [2.45, 2.75) is 38.8 Å². The van der Waals surface area contributed by atoms with Gasteiger partial charge in [-0.2, -0.15) is 0 Å². The summed E-state index contributed by atoms with van der Waals surface area (Å²) < 4.78 is 0. The van der Waals surface area contributed by atoms with Crippen LogP contribution in [0, 0.1) is 5.92 Å². The molecule has 0 bridgehead atoms. The molecule has 0 saturated carbocycles. The first kappa shape index (κ1) is 17.7. The van der Waals surface area contributed by atoms with Gasteiger partial charge in [0.05, 0.1) is 6.04 Å². The molecule has 0 heterocycles. The van der Waals surface area contributed by atoms with Crippen molar-refractivity contribution >= 4 is 18.3 Å². The zero-order valence-corrected chi connectivity index (χ0v) is 12.8. The number of aldehydes is 1. The molecule has 1 unspecified atom stereocenters. The molecule has 22 heavy (non-hydrogen) atoms. The average Bonchev–Trinajstić information content (AvgIpc) is 2.45. The summed E-state index contributed by atoms with van der Waals surface area (Å²) in [5.41, 5.74) is 0.923. The second-order valence-corrected chi connectivity index (χ2v) is 5.57. The molecule has 0 radical (unpaired) electrons. The van der Waals surface area contributed by atoms with Crippen LogP contribution in [-0.2, 0) is 16.0 Å². The fraction of sp³-hybridized carbons (Fsp3) is 0.438. The van der Waals surface area contributed by atoms with Gasteiger partial charge < -0.3 is 20.5 Å². The first-order valence-electron chi connectivity index (χ1n) is 7.21. The lowest BCUT2D eigenvalue weighted by Gasteiger charge is -2.21. The van der Waals surface area contributed by atoms with E-state index >= 15 is 0 Å². The van der Waals surface area contributed by atoms with Crippen LogP contribution in [0.5, 0.6) is 0 Å². The lowest BCUT2D eigenvalue weighted by molar-refractivity contribution is -0.126. The molecule has 0 spiro atoms. The van der Waals surface area contributed by atoms with Gasteiger partial charge in [-0.1, -0.05) is 44.2 Å². The molecule has 6 heteroatoms. The van der Waals surface area contributed by atoms with Crippen molar-refractivity contribution in [1.29, 1.82) is 0 Å². The summed E-state index contributed by atoms with van der Waals surface area (Å²) in [5, 5.41) is 13.6. The van der Waals surface area contributed by atoms with Gasteiger partial charge in [-0.05, 0) is 24.3 Å². The number of rotatable bonds is 8. The highest BCUT2D eigenvalue weighted by molar-refractivity contribution is 5.87. The van der Waals surface area contributed by atoms with Crippen LogP contribution in [0.25, 0.3) is 0 Å². The third-order valence-electron chi connectivity index (χ3n) is 3.11. The molecule has 0 aliphatic heterocycles. The zero-order chi connectivity index (χ0) is 16.5. The first-order valence-corrected chi connectivity index (χ1v) is 7.21. The number of hydrogen-bond donors (Lipinski definition) is 3. The summed E-state index contributed by atoms with van der Waals surface area (Å²) in [5.74, 6) is -0.337. The monoisotopic (exact) mass is 306 g/mol. The van der Waals surface area contributed by atoms with Gasteiger partial charge in [-0.25, -0.2) is 4.79 Å². The van der Waals surface area contributed by atoms with Crippen LogP contribution in [0.1, 0.15) is 25.8 Å². The molecule has 0 aromatic heterocycles. The Morgan fingerprint density at radius 1 is 1.18 bits per heavy atom. The van der Waals surface area contributed by atoms with Gasteiger partial charge in [-0.3, -0.25) is 4.79 Å². The molecule has 0 aliphatic rings. The standard InChI is InChI=1S/C16H22N2O4/c1-11(2)8-14(18-16(21)22)15(20)17-13(10-19)9-12-6-4-3-5-7-12/h3-7,10-11,13-14,18H,8-9H2,1-2H3,(H,17,20)(H,21,22)/t13?,14-/m0/s1. The van der Waals surface area contributed by atoms with Gasteiger partial charge in [0.25, 0.3) is 0 Å². The number of amides is 2. The third kappa shape index (κ3) is 6.39. The molecule has 1 rings (SSSR count). The van der Waals surface area contributed by atoms with Gasteiger partial charge in [0.2, 0.25) is 5.91 Å². The molecule has 0 saturated heterocycles. The molecular weight excluding hydrogens is 284 g/mol. The summed E-state index contributed by atoms with van der Waals surface area (Å²) in [4.78, 5) is 34.1. The zero-order valence-electron chi connectivity index (χ0n) is 12.8. The molecule has 6 nitrogen and oxygen atoms in total. The maximum atomic E-state index is 12.2. The van der Waals surface area contributed by atoms with Gasteiger partial charge in [0.1, 0.15) is 12.3 Å². The van der Waals surface area contributed by atoms with E-state index in [1.54, 1.807) is 0 Å². The fourth-order valence-electron chi connectivity index (χ4n) is 2.14. The Morgan fingerprint density at radius 3 is 2.32 bits per heavy atom. The largest absolute Gasteiger partial charge is 0.465 e. The molecule has 2 amide bonds. The molecule has 1 aromatic rings. The smallest absolute Gasteiger partial charge is 0.405 e. The maximum Gasteiger partial charge on any atom is 0.405 e. The molecule has 2 atom stereocenters. The molecular formula is C16H22N2O4. The summed E-state index contributed by atoms with van der Waals surface area (Å²) in [7, 11) is 0. The van der Waals surface area contributed by atoms with Crippen molar-refractivity contribution in [3.05, 3.63) is 35.9 Å². The highest BCUT2D eigenvalue weighted by Gasteiger charge is 2.24. The molecule has 1 aromatic carbocycles. The Balaban J connectivity index is 2.68. The molecule has 120 valence electrons. The lowest BCUT2D eigenvalue weighted by Crippen LogP contribution is -2.50. The van der Waals surface area contributed by atoms with Crippen molar-refractivity contribution in [2.75, 3.05) is 0 Å². The normalized spacial score (nSPS) is 13.2. The van der Waals surface area contributed by atoms with Gasteiger partial charge >= 0.3 is 6.09 Å². The number of benzene rings is 1. The molecule has 0 fully saturated rings. The highest BCUT2D eigenvalue weighted by atomic mass is 16.4. The number of nitrogens with one attached hydrogen (secondary N) is 2. The first-order chi connectivity index (χ1) is 10.4. The van der Waals surface area contributed by atoms with Crippen LogP contribution in [0.15, 0.2) is 30.3 Å². The average molecular weight is 306 g/mol. The minimum Gasteiger partial charge on any atom is -0.465 e. The third-order valence-corrected chi connectivity index (χ3v) is 3.11. The van der Waals surface area contributed by atoms with Crippen molar-refractivity contribution in [2.24, 2.45) is 5.92 Å². The van der Waals surface area contributed by atoms with Gasteiger partial charge in [-0.15, -0.1) is 0 Å². The molecule has 0 aliphatic carbocycles. The maximum absolute atomic E-state index is 12.2. The van der Waals surface area contributed by atoms with Crippen molar-refractivity contribution in [3.8, 4) is 0 Å². The number of carbonyl (C=O) groups excluding carboxylic acids is 2. The van der Waals surface area contributed by atoms with Crippen molar-refractivity contribution in [3.63, 3.8) is 0 Å². The van der Waals surface area contributed by atoms with E-state index in [4.69, 9.17) is 5.11 Å². The fourth-order valence-corrected chi connectivity index (χ4v) is 2.14. The lowest BCUT2D eigenvalue weighted by atomic mass is 10.0. The van der Waals surface area contributed by atoms with E-state index in [1.807, 2.05) is 44.2 Å².